The molecule has 3 saturated carbocycles. The third-order valence-corrected chi connectivity index (χ3v) is 8.08. The number of esters is 1. The van der Waals surface area contributed by atoms with Gasteiger partial charge in [-0.25, -0.2) is 4.79 Å². The predicted octanol–water partition coefficient (Wildman–Crippen LogP) is 4.76. The summed E-state index contributed by atoms with van der Waals surface area (Å²) < 4.78 is 10.8. The maximum absolute atomic E-state index is 11.8. The van der Waals surface area contributed by atoms with E-state index >= 15 is 0 Å². The maximum Gasteiger partial charge on any atom is 0.332 e. The first-order valence-electron chi connectivity index (χ1n) is 12.5. The van der Waals surface area contributed by atoms with Crippen LogP contribution in [0.4, 0.5) is 0 Å². The number of aliphatic hydroxyl groups is 2. The Balaban J connectivity index is 1.34. The second kappa shape index (κ2) is 13.2. The molecule has 5 nitrogen and oxygen atoms in total. The number of halogens is 1. The highest BCUT2D eigenvalue weighted by Crippen LogP contribution is 2.42. The van der Waals surface area contributed by atoms with Gasteiger partial charge in [0.05, 0.1) is 18.8 Å². The Morgan fingerprint density at radius 3 is 2.48 bits per heavy atom. The van der Waals surface area contributed by atoms with Crippen LogP contribution in [0, 0.1) is 17.8 Å². The number of rotatable bonds is 11. The lowest BCUT2D eigenvalue weighted by molar-refractivity contribution is -0.153. The second-order valence-corrected chi connectivity index (χ2v) is 10.4. The number of carbonyl (C=O) groups is 1. The van der Waals surface area contributed by atoms with Crippen LogP contribution in [0.5, 0.6) is 0 Å². The van der Waals surface area contributed by atoms with Crippen molar-refractivity contribution in [1.29, 1.82) is 0 Å². The molecule has 6 heteroatoms. The van der Waals surface area contributed by atoms with E-state index in [0.29, 0.717) is 18.9 Å². The predicted molar refractivity (Wildman–Crippen MR) is 122 cm³/mol. The Hall–Kier alpha value is -0.620. The molecule has 0 aromatic rings. The zero-order valence-corrected chi connectivity index (χ0v) is 19.6. The molecule has 3 aliphatic carbocycles. The van der Waals surface area contributed by atoms with Crippen molar-refractivity contribution >= 4 is 17.6 Å². The summed E-state index contributed by atoms with van der Waals surface area (Å²) in [6.45, 7) is 0.357. The van der Waals surface area contributed by atoms with E-state index in [-0.39, 0.29) is 48.1 Å². The van der Waals surface area contributed by atoms with Gasteiger partial charge in [-0.15, -0.1) is 11.6 Å². The van der Waals surface area contributed by atoms with E-state index in [2.05, 4.69) is 0 Å². The summed E-state index contributed by atoms with van der Waals surface area (Å²) in [4.78, 5) is 11.8. The molecule has 5 atom stereocenters. The molecule has 3 rings (SSSR count). The molecule has 31 heavy (non-hydrogen) atoms. The number of hydrogen-bond donors (Lipinski definition) is 2. The van der Waals surface area contributed by atoms with E-state index in [9.17, 15) is 15.0 Å². The first-order chi connectivity index (χ1) is 15.0. The normalized spacial score (nSPS) is 31.5. The summed E-state index contributed by atoms with van der Waals surface area (Å²) in [6.07, 6.45) is 16.6. The van der Waals surface area contributed by atoms with Gasteiger partial charge in [-0.2, -0.15) is 0 Å². The molecule has 0 bridgehead atoms. The lowest BCUT2D eigenvalue weighted by atomic mass is 9.81. The number of allylic oxidation sites excluding steroid dienone is 1. The maximum atomic E-state index is 11.8. The molecule has 0 heterocycles. The molecule has 3 fully saturated rings. The zero-order chi connectivity index (χ0) is 22.1. The molecule has 0 radical (unpaired) electrons. The van der Waals surface area contributed by atoms with Crippen molar-refractivity contribution in [2.45, 2.75) is 107 Å². The van der Waals surface area contributed by atoms with Gasteiger partial charge in [0.1, 0.15) is 12.7 Å². The highest BCUT2D eigenvalue weighted by Gasteiger charge is 2.40. The summed E-state index contributed by atoms with van der Waals surface area (Å²) in [7, 11) is 0. The van der Waals surface area contributed by atoms with Crippen LogP contribution in [0.1, 0.15) is 83.5 Å². The minimum Gasteiger partial charge on any atom is -0.461 e. The molecule has 2 unspecified atom stereocenters. The Morgan fingerprint density at radius 2 is 1.74 bits per heavy atom. The van der Waals surface area contributed by atoms with Crippen LogP contribution in [0.15, 0.2) is 12.2 Å². The van der Waals surface area contributed by atoms with Crippen molar-refractivity contribution in [1.82, 2.24) is 0 Å². The first kappa shape index (κ1) is 25.0. The molecule has 0 aromatic carbocycles. The van der Waals surface area contributed by atoms with Crippen molar-refractivity contribution in [2.24, 2.45) is 17.8 Å². The van der Waals surface area contributed by atoms with E-state index in [1.807, 2.05) is 12.2 Å². The third-order valence-electron chi connectivity index (χ3n) is 7.57. The van der Waals surface area contributed by atoms with Gasteiger partial charge < -0.3 is 19.7 Å². The quantitative estimate of drug-likeness (QED) is 0.203. The second-order valence-electron chi connectivity index (χ2n) is 9.81. The molecule has 0 aromatic heterocycles. The van der Waals surface area contributed by atoms with E-state index in [1.165, 1.54) is 19.3 Å². The molecule has 178 valence electrons. The summed E-state index contributed by atoms with van der Waals surface area (Å²) in [5.41, 5.74) is 0. The van der Waals surface area contributed by atoms with Crippen LogP contribution < -0.4 is 0 Å². The standard InChI is InChI=1S/C25H41ClO5/c26-22-16-24(28)21(13-14-23(27)18-8-2-1-3-9-18)20(22)12-6-7-15-30-17-25(29)31-19-10-4-5-11-19/h6-7,18-24,27-28H,1-5,8-17H2/b7-6-/t20?,21?,22-,23-,24-/m0/s1. The number of hydrogen-bond acceptors (Lipinski definition) is 5. The number of ether oxygens (including phenoxy) is 2. The summed E-state index contributed by atoms with van der Waals surface area (Å²) in [6, 6.07) is 0. The Bertz CT molecular complexity index is 556. The van der Waals surface area contributed by atoms with E-state index in [1.54, 1.807) is 0 Å². The summed E-state index contributed by atoms with van der Waals surface area (Å²) >= 11 is 6.55. The molecule has 0 aliphatic heterocycles. The molecule has 0 spiro atoms. The summed E-state index contributed by atoms with van der Waals surface area (Å²) in [5.74, 6) is 0.484. The Labute approximate surface area is 192 Å². The minimum atomic E-state index is -0.388. The first-order valence-corrected chi connectivity index (χ1v) is 12.9. The van der Waals surface area contributed by atoms with Gasteiger partial charge in [0.15, 0.2) is 0 Å². The molecule has 0 amide bonds. The lowest BCUT2D eigenvalue weighted by Crippen LogP contribution is -2.26. The monoisotopic (exact) mass is 456 g/mol. The molecule has 3 aliphatic rings. The SMILES string of the molecule is O=C(COC/C=C\CC1C(CC[C@H](O)C2CCCCC2)[C@@H](O)C[C@@H]1Cl)OC1CCCC1. The number of aliphatic hydroxyl groups excluding tert-OH is 2. The van der Waals surface area contributed by atoms with Crippen molar-refractivity contribution in [3.8, 4) is 0 Å². The topological polar surface area (TPSA) is 76.0 Å². The third kappa shape index (κ3) is 8.03. The van der Waals surface area contributed by atoms with E-state index in [4.69, 9.17) is 21.1 Å². The highest BCUT2D eigenvalue weighted by atomic mass is 35.5. The molecular formula is C25H41ClO5. The minimum absolute atomic E-state index is 0.0111. The van der Waals surface area contributed by atoms with Crippen LogP contribution in [-0.2, 0) is 14.3 Å². The molecule has 2 N–H and O–H groups in total. The van der Waals surface area contributed by atoms with Gasteiger partial charge >= 0.3 is 5.97 Å². The van der Waals surface area contributed by atoms with Gasteiger partial charge in [-0.3, -0.25) is 0 Å². The Kier molecular flexibility index (Phi) is 10.6. The van der Waals surface area contributed by atoms with Gasteiger partial charge in [0.2, 0.25) is 0 Å². The average molecular weight is 457 g/mol. The lowest BCUT2D eigenvalue weighted by Gasteiger charge is -2.29. The fraction of sp³-hybridized carbons (Fsp3) is 0.880. The van der Waals surface area contributed by atoms with Crippen LogP contribution >= 0.6 is 11.6 Å². The van der Waals surface area contributed by atoms with Crippen molar-refractivity contribution in [3.05, 3.63) is 12.2 Å². The average Bonchev–Trinajstić information content (AvgIpc) is 3.36. The smallest absolute Gasteiger partial charge is 0.332 e. The fourth-order valence-corrected chi connectivity index (χ4v) is 6.21. The fourth-order valence-electron chi connectivity index (χ4n) is 5.74. The highest BCUT2D eigenvalue weighted by molar-refractivity contribution is 6.21. The molecule has 0 saturated heterocycles. The number of carbonyl (C=O) groups excluding carboxylic acids is 1. The van der Waals surface area contributed by atoms with Gasteiger partial charge in [0.25, 0.3) is 0 Å². The van der Waals surface area contributed by atoms with Gasteiger partial charge in [-0.05, 0) is 82.0 Å². The number of alkyl halides is 1. The van der Waals surface area contributed by atoms with Crippen molar-refractivity contribution in [2.75, 3.05) is 13.2 Å². The van der Waals surface area contributed by atoms with Gasteiger partial charge in [-0.1, -0.05) is 31.4 Å². The molecular weight excluding hydrogens is 416 g/mol. The van der Waals surface area contributed by atoms with Crippen LogP contribution in [0.2, 0.25) is 0 Å². The zero-order valence-electron chi connectivity index (χ0n) is 18.8. The largest absolute Gasteiger partial charge is 0.461 e. The van der Waals surface area contributed by atoms with Crippen LogP contribution in [-0.4, -0.2) is 53.1 Å². The van der Waals surface area contributed by atoms with Crippen molar-refractivity contribution in [3.63, 3.8) is 0 Å². The van der Waals surface area contributed by atoms with Crippen LogP contribution in [0.25, 0.3) is 0 Å². The van der Waals surface area contributed by atoms with Crippen molar-refractivity contribution < 1.29 is 24.5 Å². The van der Waals surface area contributed by atoms with Gasteiger partial charge in [0, 0.05) is 5.38 Å². The van der Waals surface area contributed by atoms with Crippen LogP contribution in [0.3, 0.4) is 0 Å². The van der Waals surface area contributed by atoms with E-state index in [0.717, 1.165) is 57.8 Å². The van der Waals surface area contributed by atoms with E-state index < -0.39 is 0 Å². The Morgan fingerprint density at radius 1 is 1.03 bits per heavy atom. The summed E-state index contributed by atoms with van der Waals surface area (Å²) in [5, 5.41) is 21.1.